The van der Waals surface area contributed by atoms with Crippen molar-refractivity contribution in [1.82, 2.24) is 0 Å². The molecule has 0 spiro atoms. The molecule has 2 N–H and O–H groups in total. The molecule has 2 aromatic carbocycles. The maximum atomic E-state index is 5.96. The highest BCUT2D eigenvalue weighted by Crippen LogP contribution is 2.30. The lowest BCUT2D eigenvalue weighted by Gasteiger charge is -2.13. The van der Waals surface area contributed by atoms with Crippen molar-refractivity contribution < 1.29 is 4.74 Å². The fourth-order valence-electron chi connectivity index (χ4n) is 2.02. The van der Waals surface area contributed by atoms with Gasteiger partial charge in [0.1, 0.15) is 12.4 Å². The minimum Gasteiger partial charge on any atom is -0.487 e. The van der Waals surface area contributed by atoms with E-state index in [1.165, 1.54) is 11.1 Å². The smallest absolute Gasteiger partial charge is 0.137 e. The van der Waals surface area contributed by atoms with Gasteiger partial charge in [-0.05, 0) is 53.0 Å². The highest BCUT2D eigenvalue weighted by molar-refractivity contribution is 9.10. The summed E-state index contributed by atoms with van der Waals surface area (Å²) < 4.78 is 6.94. The lowest BCUT2D eigenvalue weighted by Crippen LogP contribution is -2.06. The Balaban J connectivity index is 2.14. The van der Waals surface area contributed by atoms with Gasteiger partial charge in [0, 0.05) is 0 Å². The minimum atomic E-state index is 0.571. The van der Waals surface area contributed by atoms with Gasteiger partial charge in [-0.3, -0.25) is 0 Å². The normalized spacial score (nSPS) is 10.5. The van der Waals surface area contributed by atoms with Gasteiger partial charge in [-0.1, -0.05) is 42.0 Å². The van der Waals surface area contributed by atoms with Crippen LogP contribution in [0.25, 0.3) is 0 Å². The third kappa shape index (κ3) is 3.82. The van der Waals surface area contributed by atoms with Crippen LogP contribution < -0.4 is 10.5 Å². The summed E-state index contributed by atoms with van der Waals surface area (Å²) in [6, 6.07) is 14.4. The molecule has 0 unspecified atom stereocenters. The average Bonchev–Trinajstić information content (AvgIpc) is 2.38. The summed E-state index contributed by atoms with van der Waals surface area (Å²) in [5.74, 6) is 0.898. The lowest BCUT2D eigenvalue weighted by atomic mass is 10.1. The Hall–Kier alpha value is -1.32. The summed E-state index contributed by atoms with van der Waals surface area (Å²) in [4.78, 5) is 0. The van der Waals surface area contributed by atoms with Crippen molar-refractivity contribution in [3.8, 4) is 5.75 Å². The molecule has 0 amide bonds. The first-order chi connectivity index (χ1) is 9.20. The van der Waals surface area contributed by atoms with Gasteiger partial charge in [0.25, 0.3) is 0 Å². The van der Waals surface area contributed by atoms with Gasteiger partial charge in [-0.2, -0.15) is 0 Å². The number of aryl methyl sites for hydroxylation is 1. The molecule has 0 bridgehead atoms. The Bertz CT molecular complexity index is 554. The highest BCUT2D eigenvalue weighted by Gasteiger charge is 2.07. The molecule has 0 radical (unpaired) electrons. The first-order valence-corrected chi connectivity index (χ1v) is 7.16. The van der Waals surface area contributed by atoms with Gasteiger partial charge in [0.2, 0.25) is 0 Å². The molecular weight excluding hydrogens is 302 g/mol. The molecule has 0 fully saturated rings. The zero-order valence-electron chi connectivity index (χ0n) is 11.0. The van der Waals surface area contributed by atoms with Crippen molar-refractivity contribution in [3.05, 3.63) is 63.6 Å². The van der Waals surface area contributed by atoms with Crippen LogP contribution >= 0.6 is 15.9 Å². The first-order valence-electron chi connectivity index (χ1n) is 6.36. The average molecular weight is 320 g/mol. The third-order valence-corrected chi connectivity index (χ3v) is 3.55. The van der Waals surface area contributed by atoms with Crippen LogP contribution in [-0.4, -0.2) is 6.54 Å². The number of para-hydroxylation sites is 1. The van der Waals surface area contributed by atoms with Gasteiger partial charge >= 0.3 is 0 Å². The van der Waals surface area contributed by atoms with Crippen molar-refractivity contribution in [2.45, 2.75) is 20.0 Å². The number of rotatable bonds is 5. The molecule has 0 aliphatic rings. The molecule has 0 heterocycles. The molecular formula is C16H18BrNO. The van der Waals surface area contributed by atoms with Crippen molar-refractivity contribution in [2.75, 3.05) is 6.54 Å². The predicted octanol–water partition coefficient (Wildman–Crippen LogP) is 3.84. The number of hydrogen-bond acceptors (Lipinski definition) is 2. The first kappa shape index (κ1) is 14.1. The van der Waals surface area contributed by atoms with Crippen LogP contribution in [0.15, 0.2) is 46.9 Å². The van der Waals surface area contributed by atoms with Crippen LogP contribution in [0.3, 0.4) is 0 Å². The maximum Gasteiger partial charge on any atom is 0.137 e. The molecule has 0 atom stereocenters. The van der Waals surface area contributed by atoms with Gasteiger partial charge in [-0.25, -0.2) is 0 Å². The van der Waals surface area contributed by atoms with E-state index in [1.54, 1.807) is 0 Å². The Morgan fingerprint density at radius 3 is 2.68 bits per heavy atom. The topological polar surface area (TPSA) is 35.2 Å². The van der Waals surface area contributed by atoms with E-state index >= 15 is 0 Å². The van der Waals surface area contributed by atoms with Crippen molar-refractivity contribution in [1.29, 1.82) is 0 Å². The SMILES string of the molecule is Cc1cccc(COc2c(Br)cccc2CCN)c1. The molecule has 0 saturated carbocycles. The van der Waals surface area contributed by atoms with Crippen molar-refractivity contribution in [3.63, 3.8) is 0 Å². The quantitative estimate of drug-likeness (QED) is 0.908. The predicted molar refractivity (Wildman–Crippen MR) is 82.4 cm³/mol. The van der Waals surface area contributed by atoms with Gasteiger partial charge in [-0.15, -0.1) is 0 Å². The second-order valence-corrected chi connectivity index (χ2v) is 5.40. The van der Waals surface area contributed by atoms with Crippen molar-refractivity contribution >= 4 is 15.9 Å². The Morgan fingerprint density at radius 1 is 1.16 bits per heavy atom. The fraction of sp³-hybridized carbons (Fsp3) is 0.250. The number of nitrogens with two attached hydrogens (primary N) is 1. The zero-order chi connectivity index (χ0) is 13.7. The third-order valence-electron chi connectivity index (χ3n) is 2.93. The molecule has 100 valence electrons. The molecule has 2 aromatic rings. The highest BCUT2D eigenvalue weighted by atomic mass is 79.9. The number of ether oxygens (including phenoxy) is 1. The van der Waals surface area contributed by atoms with Crippen LogP contribution in [0.2, 0.25) is 0 Å². The van der Waals surface area contributed by atoms with E-state index in [-0.39, 0.29) is 0 Å². The Labute approximate surface area is 122 Å². The molecule has 2 nitrogen and oxygen atoms in total. The van der Waals surface area contributed by atoms with Crippen LogP contribution in [0.5, 0.6) is 5.75 Å². The molecule has 0 aliphatic heterocycles. The van der Waals surface area contributed by atoms with Crippen LogP contribution in [0.1, 0.15) is 16.7 Å². The molecule has 0 saturated heterocycles. The van der Waals surface area contributed by atoms with E-state index in [0.717, 1.165) is 22.2 Å². The minimum absolute atomic E-state index is 0.571. The largest absolute Gasteiger partial charge is 0.487 e. The van der Waals surface area contributed by atoms with E-state index in [1.807, 2.05) is 12.1 Å². The summed E-state index contributed by atoms with van der Waals surface area (Å²) in [5, 5.41) is 0. The lowest BCUT2D eigenvalue weighted by molar-refractivity contribution is 0.301. The maximum absolute atomic E-state index is 5.96. The molecule has 0 aliphatic carbocycles. The van der Waals surface area contributed by atoms with Gasteiger partial charge < -0.3 is 10.5 Å². The monoisotopic (exact) mass is 319 g/mol. The molecule has 2 rings (SSSR count). The molecule has 0 aromatic heterocycles. The van der Waals surface area contributed by atoms with E-state index in [0.29, 0.717) is 13.2 Å². The summed E-state index contributed by atoms with van der Waals surface area (Å²) in [5.41, 5.74) is 9.20. The second-order valence-electron chi connectivity index (χ2n) is 4.54. The number of benzene rings is 2. The summed E-state index contributed by atoms with van der Waals surface area (Å²) >= 11 is 3.54. The summed E-state index contributed by atoms with van der Waals surface area (Å²) in [6.07, 6.45) is 0.822. The van der Waals surface area contributed by atoms with Crippen LogP contribution in [0, 0.1) is 6.92 Å². The van der Waals surface area contributed by atoms with Gasteiger partial charge in [0.05, 0.1) is 4.47 Å². The number of halogens is 1. The van der Waals surface area contributed by atoms with E-state index in [9.17, 15) is 0 Å². The Morgan fingerprint density at radius 2 is 1.95 bits per heavy atom. The zero-order valence-corrected chi connectivity index (χ0v) is 12.6. The standard InChI is InChI=1S/C16H18BrNO/c1-12-4-2-5-13(10-12)11-19-16-14(8-9-18)6-3-7-15(16)17/h2-7,10H,8-9,11,18H2,1H3. The molecule has 19 heavy (non-hydrogen) atoms. The molecule has 3 heteroatoms. The van der Waals surface area contributed by atoms with Crippen molar-refractivity contribution in [2.24, 2.45) is 5.73 Å². The second kappa shape index (κ2) is 6.73. The Kier molecular flexibility index (Phi) is 5.00. The summed E-state index contributed by atoms with van der Waals surface area (Å²) in [7, 11) is 0. The fourth-order valence-corrected chi connectivity index (χ4v) is 2.55. The van der Waals surface area contributed by atoms with Gasteiger partial charge in [0.15, 0.2) is 0 Å². The van der Waals surface area contributed by atoms with Crippen LogP contribution in [0.4, 0.5) is 0 Å². The van der Waals surface area contributed by atoms with E-state index in [4.69, 9.17) is 10.5 Å². The summed E-state index contributed by atoms with van der Waals surface area (Å²) in [6.45, 7) is 3.28. The van der Waals surface area contributed by atoms with Crippen LogP contribution in [-0.2, 0) is 13.0 Å². The van der Waals surface area contributed by atoms with E-state index < -0.39 is 0 Å². The van der Waals surface area contributed by atoms with E-state index in [2.05, 4.69) is 53.2 Å². The number of hydrogen-bond donors (Lipinski definition) is 1.